The lowest BCUT2D eigenvalue weighted by molar-refractivity contribution is -0.131. The van der Waals surface area contributed by atoms with Gasteiger partial charge in [-0.2, -0.15) is 5.10 Å². The lowest BCUT2D eigenvalue weighted by atomic mass is 10.1. The lowest BCUT2D eigenvalue weighted by Gasteiger charge is -2.36. The van der Waals surface area contributed by atoms with E-state index in [1.165, 1.54) is 5.69 Å². The molecule has 4 aromatic rings. The number of piperazine rings is 1. The molecule has 1 N–H and O–H groups in total. The molecule has 0 aliphatic carbocycles. The van der Waals surface area contributed by atoms with E-state index < -0.39 is 0 Å². The first kappa shape index (κ1) is 23.8. The minimum Gasteiger partial charge on any atom is -0.368 e. The quantitative estimate of drug-likeness (QED) is 0.435. The van der Waals surface area contributed by atoms with Crippen molar-refractivity contribution in [3.8, 4) is 0 Å². The number of rotatable bonds is 7. The number of hydrogen-bond donors (Lipinski definition) is 1. The first-order valence-corrected chi connectivity index (χ1v) is 12.6. The monoisotopic (exact) mass is 484 g/mol. The molecule has 1 saturated heterocycles. The summed E-state index contributed by atoms with van der Waals surface area (Å²) in [4.78, 5) is 34.1. The molecule has 2 aromatic carbocycles. The van der Waals surface area contributed by atoms with Crippen LogP contribution in [0.15, 0.2) is 54.6 Å². The molecule has 1 aliphatic rings. The number of aryl methyl sites for hydroxylation is 2. The Kier molecular flexibility index (Phi) is 6.84. The van der Waals surface area contributed by atoms with Crippen molar-refractivity contribution in [1.29, 1.82) is 0 Å². The highest BCUT2D eigenvalue weighted by atomic mass is 16.2. The molecule has 3 heterocycles. The van der Waals surface area contributed by atoms with Gasteiger partial charge in [-0.3, -0.25) is 9.59 Å². The number of anilines is 1. The topological polar surface area (TPSA) is 82.8 Å². The van der Waals surface area contributed by atoms with E-state index in [1.54, 1.807) is 0 Å². The van der Waals surface area contributed by atoms with Gasteiger partial charge in [0.2, 0.25) is 11.8 Å². The molecule has 186 valence electrons. The molecule has 2 aromatic heterocycles. The van der Waals surface area contributed by atoms with Crippen molar-refractivity contribution >= 4 is 34.1 Å². The predicted octanol–water partition coefficient (Wildman–Crippen LogP) is 3.29. The maximum Gasteiger partial charge on any atom is 0.224 e. The Balaban J connectivity index is 1.10. The van der Waals surface area contributed by atoms with E-state index in [0.29, 0.717) is 38.9 Å². The zero-order chi connectivity index (χ0) is 25.1. The summed E-state index contributed by atoms with van der Waals surface area (Å²) in [6.07, 6.45) is 1.25. The van der Waals surface area contributed by atoms with Crippen LogP contribution in [0.25, 0.3) is 16.6 Å². The summed E-state index contributed by atoms with van der Waals surface area (Å²) in [5, 5.41) is 8.63. The first-order chi connectivity index (χ1) is 17.5. The maximum absolute atomic E-state index is 12.6. The van der Waals surface area contributed by atoms with E-state index in [9.17, 15) is 9.59 Å². The Bertz CT molecular complexity index is 1390. The van der Waals surface area contributed by atoms with Crippen LogP contribution in [0.3, 0.4) is 0 Å². The van der Waals surface area contributed by atoms with E-state index in [1.807, 2.05) is 65.7 Å². The fourth-order valence-corrected chi connectivity index (χ4v) is 4.99. The van der Waals surface area contributed by atoms with Crippen molar-refractivity contribution in [3.63, 3.8) is 0 Å². The number of benzene rings is 2. The van der Waals surface area contributed by atoms with Crippen molar-refractivity contribution in [1.82, 2.24) is 24.8 Å². The molecule has 0 spiro atoms. The van der Waals surface area contributed by atoms with Crippen LogP contribution in [-0.4, -0.2) is 64.0 Å². The first-order valence-electron chi connectivity index (χ1n) is 12.6. The van der Waals surface area contributed by atoms with Gasteiger partial charge in [0, 0.05) is 68.0 Å². The van der Waals surface area contributed by atoms with Gasteiger partial charge < -0.3 is 15.1 Å². The number of fused-ring (bicyclic) bond motifs is 3. The number of para-hydroxylation sites is 1. The van der Waals surface area contributed by atoms with E-state index in [4.69, 9.17) is 4.98 Å². The van der Waals surface area contributed by atoms with Gasteiger partial charge in [0.1, 0.15) is 0 Å². The number of amides is 2. The number of nitrogens with one attached hydrogen (secondary N) is 1. The average molecular weight is 485 g/mol. The van der Waals surface area contributed by atoms with Crippen LogP contribution in [0.4, 0.5) is 5.69 Å². The Morgan fingerprint density at radius 2 is 1.64 bits per heavy atom. The molecule has 2 amide bonds. The van der Waals surface area contributed by atoms with Crippen molar-refractivity contribution < 1.29 is 9.59 Å². The highest BCUT2D eigenvalue weighted by molar-refractivity contribution is 5.92. The molecule has 0 radical (unpaired) electrons. The van der Waals surface area contributed by atoms with E-state index in [0.717, 1.165) is 46.6 Å². The maximum atomic E-state index is 12.6. The molecular weight excluding hydrogens is 452 g/mol. The van der Waals surface area contributed by atoms with E-state index in [-0.39, 0.29) is 11.8 Å². The molecule has 8 heteroatoms. The lowest BCUT2D eigenvalue weighted by Crippen LogP contribution is -2.49. The molecule has 5 rings (SSSR count). The minimum absolute atomic E-state index is 0.0544. The van der Waals surface area contributed by atoms with Gasteiger partial charge in [0.25, 0.3) is 0 Å². The largest absolute Gasteiger partial charge is 0.368 e. The molecule has 0 unspecified atom stereocenters. The molecule has 1 aliphatic heterocycles. The summed E-state index contributed by atoms with van der Waals surface area (Å²) < 4.78 is 1.88. The second-order valence-electron chi connectivity index (χ2n) is 9.32. The summed E-state index contributed by atoms with van der Waals surface area (Å²) in [6.45, 7) is 7.43. The Hall–Kier alpha value is -3.94. The fraction of sp³-hybridized carbons (Fsp3) is 0.357. The van der Waals surface area contributed by atoms with Gasteiger partial charge in [-0.1, -0.05) is 30.3 Å². The highest BCUT2D eigenvalue weighted by Gasteiger charge is 2.21. The average Bonchev–Trinajstić information content (AvgIpc) is 3.28. The van der Waals surface area contributed by atoms with Crippen LogP contribution >= 0.6 is 0 Å². The number of aromatic nitrogens is 3. The number of carbonyl (C=O) groups excluding carboxylic acids is 2. The van der Waals surface area contributed by atoms with E-state index in [2.05, 4.69) is 27.4 Å². The summed E-state index contributed by atoms with van der Waals surface area (Å²) in [6, 6.07) is 18.2. The zero-order valence-corrected chi connectivity index (χ0v) is 20.9. The van der Waals surface area contributed by atoms with Gasteiger partial charge in [0.15, 0.2) is 5.65 Å². The Labute approximate surface area is 210 Å². The summed E-state index contributed by atoms with van der Waals surface area (Å²) >= 11 is 0. The van der Waals surface area contributed by atoms with Crippen LogP contribution in [0.5, 0.6) is 0 Å². The number of nitrogens with zero attached hydrogens (tertiary/aromatic N) is 5. The molecule has 0 bridgehead atoms. The van der Waals surface area contributed by atoms with Gasteiger partial charge in [0.05, 0.1) is 5.52 Å². The Morgan fingerprint density at radius 3 is 2.42 bits per heavy atom. The minimum atomic E-state index is -0.0544. The van der Waals surface area contributed by atoms with Crippen molar-refractivity contribution in [2.24, 2.45) is 0 Å². The zero-order valence-electron chi connectivity index (χ0n) is 20.9. The third kappa shape index (κ3) is 4.89. The molecule has 1 fully saturated rings. The second-order valence-corrected chi connectivity index (χ2v) is 9.32. The molecule has 0 atom stereocenters. The van der Waals surface area contributed by atoms with Crippen LogP contribution < -0.4 is 10.2 Å². The standard InChI is InChI=1S/C28H32N6O2/c1-20-23(21(2)34-28(30-20)24-10-6-7-11-25(24)31-34)12-13-26(35)29-15-14-27(36)33-18-16-32(17-19-33)22-8-4-3-5-9-22/h3-11H,12-19H2,1-2H3,(H,29,35). The number of hydrogen-bond acceptors (Lipinski definition) is 5. The normalized spacial score (nSPS) is 13.9. The summed E-state index contributed by atoms with van der Waals surface area (Å²) in [5.74, 6) is 0.0383. The summed E-state index contributed by atoms with van der Waals surface area (Å²) in [5.41, 5.74) is 5.91. The molecule has 8 nitrogen and oxygen atoms in total. The smallest absolute Gasteiger partial charge is 0.224 e. The van der Waals surface area contributed by atoms with E-state index >= 15 is 0 Å². The second kappa shape index (κ2) is 10.4. The van der Waals surface area contributed by atoms with Gasteiger partial charge >= 0.3 is 0 Å². The van der Waals surface area contributed by atoms with Crippen molar-refractivity contribution in [2.45, 2.75) is 33.1 Å². The Morgan fingerprint density at radius 1 is 0.917 bits per heavy atom. The van der Waals surface area contributed by atoms with Gasteiger partial charge in [-0.15, -0.1) is 0 Å². The van der Waals surface area contributed by atoms with Crippen LogP contribution in [-0.2, 0) is 16.0 Å². The summed E-state index contributed by atoms with van der Waals surface area (Å²) in [7, 11) is 0. The van der Waals surface area contributed by atoms with Crippen molar-refractivity contribution in [3.05, 3.63) is 71.5 Å². The SMILES string of the molecule is Cc1nc2c3ccccc3nn2c(C)c1CCC(=O)NCCC(=O)N1CCN(c2ccccc2)CC1. The van der Waals surface area contributed by atoms with Crippen LogP contribution in [0.2, 0.25) is 0 Å². The fourth-order valence-electron chi connectivity index (χ4n) is 4.99. The third-order valence-corrected chi connectivity index (χ3v) is 7.03. The van der Waals surface area contributed by atoms with Gasteiger partial charge in [-0.05, 0) is 50.1 Å². The highest BCUT2D eigenvalue weighted by Crippen LogP contribution is 2.23. The predicted molar refractivity (Wildman–Crippen MR) is 141 cm³/mol. The molecule has 36 heavy (non-hydrogen) atoms. The number of carbonyl (C=O) groups is 2. The van der Waals surface area contributed by atoms with Gasteiger partial charge in [-0.25, -0.2) is 9.50 Å². The molecule has 0 saturated carbocycles. The van der Waals surface area contributed by atoms with Crippen LogP contribution in [0, 0.1) is 13.8 Å². The molecular formula is C28H32N6O2. The third-order valence-electron chi connectivity index (χ3n) is 7.03. The van der Waals surface area contributed by atoms with Crippen molar-refractivity contribution in [2.75, 3.05) is 37.6 Å². The van der Waals surface area contributed by atoms with Crippen LogP contribution in [0.1, 0.15) is 29.8 Å².